The second kappa shape index (κ2) is 5.45. The second-order valence-electron chi connectivity index (χ2n) is 4.27. The van der Waals surface area contributed by atoms with E-state index in [0.717, 1.165) is 25.1 Å². The Balaban J connectivity index is 1.60. The number of amides is 1. The number of hydrogen-bond donors (Lipinski definition) is 2. The molecule has 1 amide bonds. The Hall–Kier alpha value is -1.80. The molecule has 1 fully saturated rings. The van der Waals surface area contributed by atoms with E-state index in [9.17, 15) is 4.79 Å². The van der Waals surface area contributed by atoms with Crippen molar-refractivity contribution in [2.24, 2.45) is 0 Å². The number of hydrogen-bond acceptors (Lipinski definition) is 7. The van der Waals surface area contributed by atoms with Crippen molar-refractivity contribution in [1.29, 1.82) is 0 Å². The van der Waals surface area contributed by atoms with Crippen LogP contribution in [0.25, 0.3) is 0 Å². The minimum Gasteiger partial charge on any atom is -0.344 e. The van der Waals surface area contributed by atoms with Gasteiger partial charge in [-0.2, -0.15) is 4.98 Å². The molecule has 8 heteroatoms. The molecule has 0 radical (unpaired) electrons. The fourth-order valence-electron chi connectivity index (χ4n) is 1.94. The van der Waals surface area contributed by atoms with E-state index in [2.05, 4.69) is 25.8 Å². The molecule has 2 N–H and O–H groups in total. The molecule has 1 aliphatic heterocycles. The zero-order valence-electron chi connectivity index (χ0n) is 10.1. The summed E-state index contributed by atoms with van der Waals surface area (Å²) in [6, 6.07) is 0.0765. The molecular formula is C11H13N5O2S. The van der Waals surface area contributed by atoms with E-state index in [1.807, 2.05) is 5.38 Å². The van der Waals surface area contributed by atoms with Gasteiger partial charge in [-0.3, -0.25) is 4.79 Å². The van der Waals surface area contributed by atoms with Crippen molar-refractivity contribution >= 4 is 17.2 Å². The smallest absolute Gasteiger partial charge is 0.293 e. The van der Waals surface area contributed by atoms with Crippen LogP contribution in [0.15, 0.2) is 15.4 Å². The standard InChI is InChI=1S/C11H13N5O2S/c17-10(13-4-7-5-19-6-14-7)9-15-11(18-16-9)8-2-1-3-12-8/h5-6,8,12H,1-4H2,(H,13,17). The maximum Gasteiger partial charge on any atom is 0.293 e. The van der Waals surface area contributed by atoms with Gasteiger partial charge in [-0.15, -0.1) is 11.3 Å². The normalized spacial score (nSPS) is 18.6. The van der Waals surface area contributed by atoms with Crippen LogP contribution in [0.5, 0.6) is 0 Å². The fraction of sp³-hybridized carbons (Fsp3) is 0.455. The molecule has 100 valence electrons. The van der Waals surface area contributed by atoms with E-state index in [1.54, 1.807) is 5.51 Å². The van der Waals surface area contributed by atoms with E-state index in [-0.39, 0.29) is 17.8 Å². The number of carbonyl (C=O) groups is 1. The third kappa shape index (κ3) is 2.79. The number of nitrogens with zero attached hydrogens (tertiary/aromatic N) is 3. The van der Waals surface area contributed by atoms with Gasteiger partial charge in [0.15, 0.2) is 0 Å². The van der Waals surface area contributed by atoms with E-state index in [1.165, 1.54) is 11.3 Å². The monoisotopic (exact) mass is 279 g/mol. The Kier molecular flexibility index (Phi) is 3.51. The first-order valence-corrected chi connectivity index (χ1v) is 6.99. The zero-order valence-corrected chi connectivity index (χ0v) is 10.9. The van der Waals surface area contributed by atoms with Crippen LogP contribution in [0.3, 0.4) is 0 Å². The summed E-state index contributed by atoms with van der Waals surface area (Å²) in [5.41, 5.74) is 2.54. The average molecular weight is 279 g/mol. The Morgan fingerprint density at radius 3 is 3.32 bits per heavy atom. The number of aromatic nitrogens is 3. The molecule has 0 spiro atoms. The summed E-state index contributed by atoms with van der Waals surface area (Å²) >= 11 is 1.49. The number of rotatable bonds is 4. The Morgan fingerprint density at radius 2 is 2.58 bits per heavy atom. The predicted octanol–water partition coefficient (Wildman–Crippen LogP) is 0.881. The van der Waals surface area contributed by atoms with E-state index >= 15 is 0 Å². The summed E-state index contributed by atoms with van der Waals surface area (Å²) in [6.07, 6.45) is 2.04. The Bertz CT molecular complexity index is 547. The minimum atomic E-state index is -0.346. The molecule has 2 aromatic rings. The molecule has 0 bridgehead atoms. The lowest BCUT2D eigenvalue weighted by atomic mass is 10.2. The van der Waals surface area contributed by atoms with Crippen LogP contribution in [0.4, 0.5) is 0 Å². The molecule has 1 aliphatic rings. The van der Waals surface area contributed by atoms with Crippen molar-refractivity contribution < 1.29 is 9.32 Å². The summed E-state index contributed by atoms with van der Waals surface area (Å²) in [7, 11) is 0. The van der Waals surface area contributed by atoms with Crippen molar-refractivity contribution in [3.63, 3.8) is 0 Å². The van der Waals surface area contributed by atoms with E-state index < -0.39 is 0 Å². The van der Waals surface area contributed by atoms with Gasteiger partial charge in [0.05, 0.1) is 23.8 Å². The molecule has 0 aliphatic carbocycles. The summed E-state index contributed by atoms with van der Waals surface area (Å²) in [4.78, 5) is 20.0. The third-order valence-corrected chi connectivity index (χ3v) is 3.55. The van der Waals surface area contributed by atoms with Crippen LogP contribution in [0.1, 0.15) is 41.1 Å². The molecule has 2 aromatic heterocycles. The van der Waals surface area contributed by atoms with Gasteiger partial charge in [-0.05, 0) is 19.4 Å². The molecule has 1 unspecified atom stereocenters. The van der Waals surface area contributed by atoms with Gasteiger partial charge in [0.2, 0.25) is 5.89 Å². The first kappa shape index (κ1) is 12.2. The molecule has 19 heavy (non-hydrogen) atoms. The lowest BCUT2D eigenvalue weighted by Gasteiger charge is -2.01. The SMILES string of the molecule is O=C(NCc1cscn1)c1noc(C2CCCN2)n1. The molecule has 7 nitrogen and oxygen atoms in total. The van der Waals surface area contributed by atoms with Gasteiger partial charge in [0.1, 0.15) is 0 Å². The third-order valence-electron chi connectivity index (χ3n) is 2.92. The van der Waals surface area contributed by atoms with Crippen LogP contribution < -0.4 is 10.6 Å². The van der Waals surface area contributed by atoms with Crippen molar-refractivity contribution in [2.45, 2.75) is 25.4 Å². The van der Waals surface area contributed by atoms with Gasteiger partial charge < -0.3 is 15.2 Å². The highest BCUT2D eigenvalue weighted by Gasteiger charge is 2.24. The lowest BCUT2D eigenvalue weighted by molar-refractivity contribution is 0.0937. The first-order valence-electron chi connectivity index (χ1n) is 6.05. The van der Waals surface area contributed by atoms with Crippen LogP contribution in [0.2, 0.25) is 0 Å². The molecule has 1 atom stereocenters. The first-order chi connectivity index (χ1) is 9.33. The van der Waals surface area contributed by atoms with Gasteiger partial charge in [-0.1, -0.05) is 5.16 Å². The highest BCUT2D eigenvalue weighted by Crippen LogP contribution is 2.20. The van der Waals surface area contributed by atoms with Crippen molar-refractivity contribution in [2.75, 3.05) is 6.54 Å². The molecule has 3 rings (SSSR count). The van der Waals surface area contributed by atoms with Crippen LogP contribution >= 0.6 is 11.3 Å². The molecule has 3 heterocycles. The number of nitrogens with one attached hydrogen (secondary N) is 2. The van der Waals surface area contributed by atoms with Gasteiger partial charge >= 0.3 is 0 Å². The summed E-state index contributed by atoms with van der Waals surface area (Å²) in [5, 5.41) is 11.5. The van der Waals surface area contributed by atoms with Gasteiger partial charge in [0.25, 0.3) is 11.7 Å². The van der Waals surface area contributed by atoms with Gasteiger partial charge in [0, 0.05) is 5.38 Å². The molecular weight excluding hydrogens is 266 g/mol. The molecule has 1 saturated heterocycles. The fourth-order valence-corrected chi connectivity index (χ4v) is 2.50. The zero-order chi connectivity index (χ0) is 13.1. The molecule has 0 aromatic carbocycles. The lowest BCUT2D eigenvalue weighted by Crippen LogP contribution is -2.24. The Morgan fingerprint density at radius 1 is 1.63 bits per heavy atom. The van der Waals surface area contributed by atoms with Crippen molar-refractivity contribution in [3.05, 3.63) is 28.3 Å². The van der Waals surface area contributed by atoms with Gasteiger partial charge in [-0.25, -0.2) is 4.98 Å². The number of carbonyl (C=O) groups excluding carboxylic acids is 1. The van der Waals surface area contributed by atoms with Crippen LogP contribution in [-0.2, 0) is 6.54 Å². The average Bonchev–Trinajstić information content (AvgIpc) is 3.14. The summed E-state index contributed by atoms with van der Waals surface area (Å²) in [6.45, 7) is 1.31. The number of thiazole rings is 1. The summed E-state index contributed by atoms with van der Waals surface area (Å²) in [5.74, 6) is 0.205. The molecule has 0 saturated carbocycles. The van der Waals surface area contributed by atoms with E-state index in [0.29, 0.717) is 12.4 Å². The topological polar surface area (TPSA) is 92.9 Å². The predicted molar refractivity (Wildman–Crippen MR) is 67.6 cm³/mol. The van der Waals surface area contributed by atoms with Crippen molar-refractivity contribution in [1.82, 2.24) is 25.8 Å². The van der Waals surface area contributed by atoms with Crippen LogP contribution in [0, 0.1) is 0 Å². The maximum absolute atomic E-state index is 11.8. The largest absolute Gasteiger partial charge is 0.344 e. The highest BCUT2D eigenvalue weighted by molar-refractivity contribution is 7.07. The summed E-state index contributed by atoms with van der Waals surface area (Å²) < 4.78 is 5.11. The van der Waals surface area contributed by atoms with Crippen molar-refractivity contribution in [3.8, 4) is 0 Å². The quantitative estimate of drug-likeness (QED) is 0.863. The Labute approximate surface area is 113 Å². The second-order valence-corrected chi connectivity index (χ2v) is 4.99. The maximum atomic E-state index is 11.8. The van der Waals surface area contributed by atoms with E-state index in [4.69, 9.17) is 4.52 Å². The minimum absolute atomic E-state index is 0.0685. The highest BCUT2D eigenvalue weighted by atomic mass is 32.1. The van der Waals surface area contributed by atoms with Crippen LogP contribution in [-0.4, -0.2) is 27.6 Å².